The lowest BCUT2D eigenvalue weighted by Gasteiger charge is -2.10. The predicted octanol–water partition coefficient (Wildman–Crippen LogP) is 5.03. The number of carboxylic acids is 1. The van der Waals surface area contributed by atoms with E-state index in [1.54, 1.807) is 0 Å². The highest BCUT2D eigenvalue weighted by molar-refractivity contribution is 5.97. The quantitative estimate of drug-likeness (QED) is 0.273. The molecule has 40 heavy (non-hydrogen) atoms. The van der Waals surface area contributed by atoms with Crippen LogP contribution in [0, 0.1) is 18.3 Å². The highest BCUT2D eigenvalue weighted by atomic mass is 19.4. The molecule has 0 fully saturated rings. The number of carboxylic acid groups (broad SMARTS) is 1. The van der Waals surface area contributed by atoms with Crippen molar-refractivity contribution in [1.29, 1.82) is 5.26 Å². The number of alkyl halides is 3. The molecular formula is C28H27F3N6O3. The summed E-state index contributed by atoms with van der Waals surface area (Å²) in [5.74, 6) is -2.76. The molecule has 0 radical (unpaired) electrons. The van der Waals surface area contributed by atoms with Crippen LogP contribution >= 0.6 is 0 Å². The van der Waals surface area contributed by atoms with Gasteiger partial charge in [0.15, 0.2) is 5.69 Å². The van der Waals surface area contributed by atoms with E-state index >= 15 is 0 Å². The number of aryl methyl sites for hydroxylation is 2. The average Bonchev–Trinajstić information content (AvgIpc) is 3.53. The fourth-order valence-electron chi connectivity index (χ4n) is 4.69. The van der Waals surface area contributed by atoms with Crippen LogP contribution in [-0.2, 0) is 11.3 Å². The molecule has 208 valence electrons. The highest BCUT2D eigenvalue weighted by Gasteiger charge is 2.38. The lowest BCUT2D eigenvalue weighted by atomic mass is 10.1. The summed E-state index contributed by atoms with van der Waals surface area (Å²) in [4.78, 5) is 30.6. The van der Waals surface area contributed by atoms with Crippen LogP contribution in [0.1, 0.15) is 17.8 Å². The van der Waals surface area contributed by atoms with Crippen LogP contribution in [0.3, 0.4) is 0 Å². The number of nitriles is 1. The van der Waals surface area contributed by atoms with E-state index in [0.29, 0.717) is 17.1 Å². The monoisotopic (exact) mass is 552 g/mol. The first kappa shape index (κ1) is 28.3. The lowest BCUT2D eigenvalue weighted by Crippen LogP contribution is -2.21. The number of rotatable bonds is 6. The van der Waals surface area contributed by atoms with E-state index in [2.05, 4.69) is 51.9 Å². The van der Waals surface area contributed by atoms with Gasteiger partial charge in [-0.2, -0.15) is 18.4 Å². The fraction of sp³-hybridized carbons (Fsp3) is 0.250. The molecule has 0 aliphatic carbocycles. The van der Waals surface area contributed by atoms with Crippen molar-refractivity contribution in [2.75, 3.05) is 20.6 Å². The summed E-state index contributed by atoms with van der Waals surface area (Å²) in [5.41, 5.74) is 4.97. The van der Waals surface area contributed by atoms with E-state index in [-0.39, 0.29) is 5.69 Å². The van der Waals surface area contributed by atoms with Crippen molar-refractivity contribution in [2.24, 2.45) is 0 Å². The van der Waals surface area contributed by atoms with Gasteiger partial charge in [0.1, 0.15) is 6.07 Å². The molecule has 0 saturated heterocycles. The van der Waals surface area contributed by atoms with Gasteiger partial charge in [-0.3, -0.25) is 0 Å². The molecule has 12 heteroatoms. The summed E-state index contributed by atoms with van der Waals surface area (Å²) in [6, 6.07) is 18.2. The van der Waals surface area contributed by atoms with Gasteiger partial charge in [0.25, 0.3) is 0 Å². The van der Waals surface area contributed by atoms with Crippen LogP contribution in [0.2, 0.25) is 0 Å². The second kappa shape index (κ2) is 11.2. The smallest absolute Gasteiger partial charge is 0.475 e. The number of carbonyl (C=O) groups is 1. The molecule has 0 saturated carbocycles. The van der Waals surface area contributed by atoms with E-state index in [4.69, 9.17) is 9.90 Å². The van der Waals surface area contributed by atoms with Crippen LogP contribution in [0.15, 0.2) is 59.5 Å². The standard InChI is InChI=1S/C26H26N6O.C2HF3O2/c1-17-25(19-10-4-6-11-21(19)28-17)32-23(15-27)24(29-26(32)33)20-16-31(14-8-13-30(2)3)22-12-7-5-9-18(20)22;3-2(4,5)1(6)7/h4-7,9-12,16,28H,8,13-14H2,1-3H3,(H,29,33);(H,6,7). The Morgan fingerprint density at radius 1 is 1.07 bits per heavy atom. The Hall–Kier alpha value is -4.76. The van der Waals surface area contributed by atoms with Gasteiger partial charge < -0.3 is 24.5 Å². The second-order valence-corrected chi connectivity index (χ2v) is 9.46. The van der Waals surface area contributed by atoms with Crippen LogP contribution in [0.5, 0.6) is 0 Å². The largest absolute Gasteiger partial charge is 0.490 e. The summed E-state index contributed by atoms with van der Waals surface area (Å²) in [6.45, 7) is 3.76. The number of hydrogen-bond acceptors (Lipinski definition) is 4. The third-order valence-electron chi connectivity index (χ3n) is 6.39. The minimum absolute atomic E-state index is 0.309. The van der Waals surface area contributed by atoms with Crippen molar-refractivity contribution in [1.82, 2.24) is 24.0 Å². The Balaban J connectivity index is 0.000000470. The number of benzene rings is 2. The van der Waals surface area contributed by atoms with Gasteiger partial charge in [-0.25, -0.2) is 14.2 Å². The normalized spacial score (nSPS) is 11.6. The van der Waals surface area contributed by atoms with E-state index in [9.17, 15) is 23.2 Å². The Bertz CT molecular complexity index is 1780. The number of imidazole rings is 1. The summed E-state index contributed by atoms with van der Waals surface area (Å²) in [7, 11) is 4.14. The number of H-pyrrole nitrogens is 2. The van der Waals surface area contributed by atoms with E-state index in [1.807, 2.05) is 49.4 Å². The predicted molar refractivity (Wildman–Crippen MR) is 145 cm³/mol. The van der Waals surface area contributed by atoms with Crippen molar-refractivity contribution < 1.29 is 23.1 Å². The van der Waals surface area contributed by atoms with Crippen LogP contribution in [-0.4, -0.2) is 61.9 Å². The van der Waals surface area contributed by atoms with Crippen molar-refractivity contribution in [3.05, 3.63) is 76.6 Å². The molecular weight excluding hydrogens is 525 g/mol. The molecule has 0 amide bonds. The Labute approximate surface area is 226 Å². The molecule has 0 aliphatic heterocycles. The van der Waals surface area contributed by atoms with Gasteiger partial charge in [0.05, 0.1) is 11.4 Å². The maximum atomic E-state index is 13.2. The Morgan fingerprint density at radius 2 is 1.70 bits per heavy atom. The van der Waals surface area contributed by atoms with Crippen molar-refractivity contribution >= 4 is 27.8 Å². The van der Waals surface area contributed by atoms with Crippen molar-refractivity contribution in [2.45, 2.75) is 26.1 Å². The van der Waals surface area contributed by atoms with E-state index in [1.165, 1.54) is 4.57 Å². The van der Waals surface area contributed by atoms with Crippen molar-refractivity contribution in [3.8, 4) is 23.0 Å². The first-order valence-corrected chi connectivity index (χ1v) is 12.3. The number of aromatic amines is 2. The minimum Gasteiger partial charge on any atom is -0.475 e. The van der Waals surface area contributed by atoms with Gasteiger partial charge in [0, 0.05) is 45.8 Å². The fourth-order valence-corrected chi connectivity index (χ4v) is 4.69. The molecule has 5 rings (SSSR count). The Morgan fingerprint density at radius 3 is 2.33 bits per heavy atom. The summed E-state index contributed by atoms with van der Waals surface area (Å²) in [5, 5.41) is 19.2. The molecule has 0 spiro atoms. The molecule has 3 N–H and O–H groups in total. The van der Waals surface area contributed by atoms with Crippen LogP contribution in [0.25, 0.3) is 38.8 Å². The molecule has 2 aromatic carbocycles. The molecule has 0 atom stereocenters. The van der Waals surface area contributed by atoms with Gasteiger partial charge in [-0.05, 0) is 46.1 Å². The average molecular weight is 553 g/mol. The third kappa shape index (κ3) is 5.50. The number of fused-ring (bicyclic) bond motifs is 2. The molecule has 0 unspecified atom stereocenters. The zero-order valence-corrected chi connectivity index (χ0v) is 22.0. The number of halogens is 3. The first-order valence-electron chi connectivity index (χ1n) is 12.3. The van der Waals surface area contributed by atoms with Crippen LogP contribution in [0.4, 0.5) is 13.2 Å². The molecule has 3 aromatic heterocycles. The van der Waals surface area contributed by atoms with Gasteiger partial charge in [-0.15, -0.1) is 0 Å². The topological polar surface area (TPSA) is 123 Å². The zero-order valence-electron chi connectivity index (χ0n) is 22.0. The number of para-hydroxylation sites is 2. The maximum Gasteiger partial charge on any atom is 0.490 e. The van der Waals surface area contributed by atoms with E-state index in [0.717, 1.165) is 52.6 Å². The lowest BCUT2D eigenvalue weighted by molar-refractivity contribution is -0.192. The number of nitrogens with one attached hydrogen (secondary N) is 2. The molecule has 0 aliphatic rings. The number of hydrogen-bond donors (Lipinski definition) is 3. The summed E-state index contributed by atoms with van der Waals surface area (Å²) in [6.07, 6.45) is -2.03. The van der Waals surface area contributed by atoms with Crippen LogP contribution < -0.4 is 5.69 Å². The molecule has 0 bridgehead atoms. The van der Waals surface area contributed by atoms with E-state index < -0.39 is 12.1 Å². The molecule has 3 heterocycles. The summed E-state index contributed by atoms with van der Waals surface area (Å²) >= 11 is 0. The maximum absolute atomic E-state index is 13.2. The SMILES string of the molecule is Cc1[nH]c2ccccc2c1-n1c(C#N)c(-c2cn(CCCN(C)C)c3ccccc23)[nH]c1=O.O=C(O)C(F)(F)F. The Kier molecular flexibility index (Phi) is 7.88. The molecule has 5 aromatic rings. The van der Waals surface area contributed by atoms with Gasteiger partial charge in [-0.1, -0.05) is 36.4 Å². The third-order valence-corrected chi connectivity index (χ3v) is 6.39. The second-order valence-electron chi connectivity index (χ2n) is 9.46. The number of nitrogens with zero attached hydrogens (tertiary/aromatic N) is 4. The minimum atomic E-state index is -5.08. The van der Waals surface area contributed by atoms with Gasteiger partial charge >= 0.3 is 17.8 Å². The molecule has 9 nitrogen and oxygen atoms in total. The van der Waals surface area contributed by atoms with Crippen molar-refractivity contribution in [3.63, 3.8) is 0 Å². The number of aromatic nitrogens is 4. The number of aliphatic carboxylic acids is 1. The van der Waals surface area contributed by atoms with Gasteiger partial charge in [0.2, 0.25) is 0 Å². The highest BCUT2D eigenvalue weighted by Crippen LogP contribution is 2.33. The zero-order chi connectivity index (χ0) is 29.2. The summed E-state index contributed by atoms with van der Waals surface area (Å²) < 4.78 is 35.4. The first-order chi connectivity index (χ1) is 18.9.